The lowest BCUT2D eigenvalue weighted by molar-refractivity contribution is 0.669. The summed E-state index contributed by atoms with van der Waals surface area (Å²) in [6.45, 7) is 2.26. The Morgan fingerprint density at radius 1 is 1.07 bits per heavy atom. The van der Waals surface area contributed by atoms with Crippen LogP contribution in [0.25, 0.3) is 9.40 Å². The first-order chi connectivity index (χ1) is 7.33. The van der Waals surface area contributed by atoms with Gasteiger partial charge >= 0.3 is 0 Å². The second-order valence-electron chi connectivity index (χ2n) is 3.81. The van der Waals surface area contributed by atoms with Crippen LogP contribution in [0.1, 0.15) is 38.2 Å². The van der Waals surface area contributed by atoms with E-state index in [-0.39, 0.29) is 0 Å². The molecule has 0 nitrogen and oxygen atoms in total. The first kappa shape index (κ1) is 11.6. The van der Waals surface area contributed by atoms with Crippen molar-refractivity contribution in [3.05, 3.63) is 20.8 Å². The predicted molar refractivity (Wildman–Crippen MR) is 75.2 cm³/mol. The number of halogens is 1. The molecule has 0 spiro atoms. The van der Waals surface area contributed by atoms with Crippen molar-refractivity contribution >= 4 is 48.0 Å². The summed E-state index contributed by atoms with van der Waals surface area (Å²) in [6.07, 6.45) is 6.67. The lowest BCUT2D eigenvalue weighted by atomic mass is 10.1. The summed E-state index contributed by atoms with van der Waals surface area (Å²) >= 11 is 7.34. The quantitative estimate of drug-likeness (QED) is 0.608. The molecule has 0 atom stereocenters. The highest BCUT2D eigenvalue weighted by atomic mass is 79.9. The van der Waals surface area contributed by atoms with Gasteiger partial charge in [-0.3, -0.25) is 0 Å². The van der Waals surface area contributed by atoms with Crippen LogP contribution in [-0.2, 0) is 6.42 Å². The van der Waals surface area contributed by atoms with Crippen LogP contribution in [0.4, 0.5) is 0 Å². The molecule has 0 amide bonds. The average Bonchev–Trinajstić information content (AvgIpc) is 2.78. The number of hydrogen-bond acceptors (Lipinski definition) is 2. The van der Waals surface area contributed by atoms with Crippen molar-refractivity contribution in [3.63, 3.8) is 0 Å². The van der Waals surface area contributed by atoms with Gasteiger partial charge in [0.15, 0.2) is 0 Å². The van der Waals surface area contributed by atoms with Crippen LogP contribution in [0, 0.1) is 0 Å². The lowest BCUT2D eigenvalue weighted by Crippen LogP contribution is -1.82. The summed E-state index contributed by atoms with van der Waals surface area (Å²) in [5.41, 5.74) is 1.56. The number of fused-ring (bicyclic) bond motifs is 1. The van der Waals surface area contributed by atoms with Gasteiger partial charge in [-0.1, -0.05) is 26.2 Å². The first-order valence-electron chi connectivity index (χ1n) is 5.46. The number of unbranched alkanes of at least 4 members (excludes halogenated alkanes) is 3. The molecule has 0 aliphatic carbocycles. The van der Waals surface area contributed by atoms with Gasteiger partial charge in [0.1, 0.15) is 0 Å². The van der Waals surface area contributed by atoms with E-state index in [0.29, 0.717) is 0 Å². The van der Waals surface area contributed by atoms with Gasteiger partial charge in [0.05, 0.1) is 4.70 Å². The summed E-state index contributed by atoms with van der Waals surface area (Å²) in [5.74, 6) is 0. The second kappa shape index (κ2) is 5.46. The van der Waals surface area contributed by atoms with Gasteiger partial charge in [-0.2, -0.15) is 0 Å². The van der Waals surface area contributed by atoms with Crippen molar-refractivity contribution in [1.82, 2.24) is 0 Å². The van der Waals surface area contributed by atoms with E-state index in [1.807, 2.05) is 22.7 Å². The number of rotatable bonds is 5. The maximum atomic E-state index is 3.59. The van der Waals surface area contributed by atoms with E-state index in [9.17, 15) is 0 Å². The van der Waals surface area contributed by atoms with Gasteiger partial charge in [0, 0.05) is 14.6 Å². The van der Waals surface area contributed by atoms with Crippen LogP contribution in [0.2, 0.25) is 0 Å². The summed E-state index contributed by atoms with van der Waals surface area (Å²) in [4.78, 5) is 0. The van der Waals surface area contributed by atoms with Crippen molar-refractivity contribution in [1.29, 1.82) is 0 Å². The Bertz CT molecular complexity index is 428. The highest BCUT2D eigenvalue weighted by molar-refractivity contribution is 9.10. The molecule has 0 N–H and O–H groups in total. The van der Waals surface area contributed by atoms with Crippen molar-refractivity contribution < 1.29 is 0 Å². The Morgan fingerprint density at radius 3 is 2.67 bits per heavy atom. The molecular weight excluding hydrogens is 288 g/mol. The topological polar surface area (TPSA) is 0 Å². The first-order valence-corrected chi connectivity index (χ1v) is 8.01. The summed E-state index contributed by atoms with van der Waals surface area (Å²) in [7, 11) is 0. The smallest absolute Gasteiger partial charge is 0.0595 e. The van der Waals surface area contributed by atoms with Gasteiger partial charge in [0.2, 0.25) is 0 Å². The van der Waals surface area contributed by atoms with Gasteiger partial charge in [-0.15, -0.1) is 22.7 Å². The number of hydrogen-bond donors (Lipinski definition) is 0. The minimum Gasteiger partial charge on any atom is -0.141 e. The molecule has 0 aliphatic rings. The SMILES string of the molecule is CCCCCCc1csc2c(Br)csc12. The summed E-state index contributed by atoms with van der Waals surface area (Å²) in [5, 5.41) is 4.54. The molecule has 0 bridgehead atoms. The highest BCUT2D eigenvalue weighted by Crippen LogP contribution is 2.38. The van der Waals surface area contributed by atoms with E-state index < -0.39 is 0 Å². The molecule has 0 aromatic carbocycles. The van der Waals surface area contributed by atoms with E-state index in [4.69, 9.17) is 0 Å². The number of thiophene rings is 2. The van der Waals surface area contributed by atoms with E-state index >= 15 is 0 Å². The average molecular weight is 303 g/mol. The van der Waals surface area contributed by atoms with E-state index in [0.717, 1.165) is 0 Å². The molecule has 2 heterocycles. The third kappa shape index (κ3) is 2.63. The third-order valence-corrected chi connectivity index (χ3v) is 6.05. The van der Waals surface area contributed by atoms with Crippen LogP contribution >= 0.6 is 38.6 Å². The molecule has 0 aliphatic heterocycles. The van der Waals surface area contributed by atoms with Crippen molar-refractivity contribution in [2.45, 2.75) is 39.0 Å². The zero-order valence-electron chi connectivity index (χ0n) is 8.88. The molecule has 15 heavy (non-hydrogen) atoms. The fourth-order valence-corrected chi connectivity index (χ4v) is 4.86. The normalized spacial score (nSPS) is 11.3. The Hall–Kier alpha value is 0.140. The molecule has 0 fully saturated rings. The Balaban J connectivity index is 2.02. The fourth-order valence-electron chi connectivity index (χ4n) is 1.76. The third-order valence-electron chi connectivity index (χ3n) is 2.61. The molecule has 2 aromatic heterocycles. The molecular formula is C12H15BrS2. The minimum absolute atomic E-state index is 1.26. The van der Waals surface area contributed by atoms with E-state index in [1.54, 1.807) is 5.56 Å². The zero-order valence-corrected chi connectivity index (χ0v) is 12.1. The largest absolute Gasteiger partial charge is 0.141 e. The zero-order chi connectivity index (χ0) is 10.7. The Kier molecular flexibility index (Phi) is 4.23. The van der Waals surface area contributed by atoms with E-state index in [1.165, 1.54) is 46.0 Å². The highest BCUT2D eigenvalue weighted by Gasteiger charge is 2.08. The lowest BCUT2D eigenvalue weighted by Gasteiger charge is -1.97. The summed E-state index contributed by atoms with van der Waals surface area (Å²) < 4.78 is 4.21. The maximum Gasteiger partial charge on any atom is 0.0595 e. The van der Waals surface area contributed by atoms with Crippen molar-refractivity contribution in [2.75, 3.05) is 0 Å². The Labute approximate surface area is 107 Å². The van der Waals surface area contributed by atoms with E-state index in [2.05, 4.69) is 33.6 Å². The number of aryl methyl sites for hydroxylation is 1. The predicted octanol–water partition coefficient (Wildman–Crippen LogP) is 5.85. The molecule has 0 radical (unpaired) electrons. The Morgan fingerprint density at radius 2 is 1.87 bits per heavy atom. The molecule has 0 saturated heterocycles. The van der Waals surface area contributed by atoms with Gasteiger partial charge < -0.3 is 0 Å². The molecule has 2 aromatic rings. The standard InChI is InChI=1S/C12H15BrS2/c1-2-3-4-5-6-9-7-14-12-10(13)8-15-11(9)12/h7-8H,2-6H2,1H3. The molecule has 82 valence electrons. The van der Waals surface area contributed by atoms with Crippen LogP contribution in [-0.4, -0.2) is 0 Å². The fraction of sp³-hybridized carbons (Fsp3) is 0.500. The van der Waals surface area contributed by atoms with Crippen molar-refractivity contribution in [2.24, 2.45) is 0 Å². The minimum atomic E-state index is 1.26. The monoisotopic (exact) mass is 302 g/mol. The molecule has 0 unspecified atom stereocenters. The van der Waals surface area contributed by atoms with Crippen LogP contribution in [0.15, 0.2) is 15.2 Å². The molecule has 2 rings (SSSR count). The van der Waals surface area contributed by atoms with Crippen LogP contribution in [0.3, 0.4) is 0 Å². The summed E-state index contributed by atoms with van der Waals surface area (Å²) in [6, 6.07) is 0. The van der Waals surface area contributed by atoms with Crippen molar-refractivity contribution in [3.8, 4) is 0 Å². The molecule has 0 saturated carbocycles. The second-order valence-corrected chi connectivity index (χ2v) is 6.43. The maximum absolute atomic E-state index is 3.59. The van der Waals surface area contributed by atoms with Crippen LogP contribution < -0.4 is 0 Å². The van der Waals surface area contributed by atoms with Gasteiger partial charge in [-0.05, 0) is 39.7 Å². The molecule has 3 heteroatoms. The van der Waals surface area contributed by atoms with Gasteiger partial charge in [0.25, 0.3) is 0 Å². The van der Waals surface area contributed by atoms with Gasteiger partial charge in [-0.25, -0.2) is 0 Å². The van der Waals surface area contributed by atoms with Crippen LogP contribution in [0.5, 0.6) is 0 Å².